The lowest BCUT2D eigenvalue weighted by Gasteiger charge is -2.06. The smallest absolute Gasteiger partial charge is 0.309 e. The molecule has 2 N–H and O–H groups in total. The first-order valence-corrected chi connectivity index (χ1v) is 7.17. The topological polar surface area (TPSA) is 101 Å². The maximum Gasteiger partial charge on any atom is 0.309 e. The zero-order chi connectivity index (χ0) is 14.6. The fraction of sp³-hybridized carbons (Fsp3) is 0.167. The highest BCUT2D eigenvalue weighted by Gasteiger charge is 2.15. The molecule has 8 heteroatoms. The van der Waals surface area contributed by atoms with Gasteiger partial charge >= 0.3 is 5.97 Å². The Morgan fingerprint density at radius 1 is 1.35 bits per heavy atom. The van der Waals surface area contributed by atoms with Gasteiger partial charge in [-0.15, -0.1) is 0 Å². The van der Waals surface area contributed by atoms with Crippen LogP contribution in [0.2, 0.25) is 0 Å². The fourth-order valence-electron chi connectivity index (χ4n) is 1.53. The third-order valence-electron chi connectivity index (χ3n) is 2.54. The van der Waals surface area contributed by atoms with Gasteiger partial charge in [0.25, 0.3) is 10.0 Å². The molecule has 0 aliphatic heterocycles. The van der Waals surface area contributed by atoms with Gasteiger partial charge in [0.1, 0.15) is 0 Å². The predicted molar refractivity (Wildman–Crippen MR) is 71.6 cm³/mol. The molecule has 1 heterocycles. The summed E-state index contributed by atoms with van der Waals surface area (Å²) in [6.45, 7) is 0. The first-order chi connectivity index (χ1) is 9.51. The van der Waals surface area contributed by atoms with Crippen LogP contribution in [-0.4, -0.2) is 31.5 Å². The zero-order valence-corrected chi connectivity index (χ0v) is 11.5. The van der Waals surface area contributed by atoms with Gasteiger partial charge in [-0.1, -0.05) is 12.1 Å². The predicted octanol–water partition coefficient (Wildman–Crippen LogP) is 0.926. The number of carbonyl (C=O) groups excluding carboxylic acids is 1. The molecular weight excluding hydrogens is 282 g/mol. The number of nitrogens with zero attached hydrogens (tertiary/aromatic N) is 1. The molecular formula is C12H13N3O4S. The van der Waals surface area contributed by atoms with Crippen LogP contribution in [0.4, 0.5) is 5.95 Å². The standard InChI is InChI=1S/C12H13N3O4S/c1-19-11(16)8-9-2-4-10(5-3-9)20(17,18)15-12-13-6-7-14-12/h2-7H,8H2,1H3,(H2,13,14,15). The minimum Gasteiger partial charge on any atom is -0.469 e. The van der Waals surface area contributed by atoms with Crippen molar-refractivity contribution in [3.8, 4) is 0 Å². The maximum atomic E-state index is 12.0. The largest absolute Gasteiger partial charge is 0.469 e. The molecule has 0 unspecified atom stereocenters. The molecule has 2 aromatic rings. The van der Waals surface area contributed by atoms with Crippen LogP contribution in [0.1, 0.15) is 5.56 Å². The molecule has 0 spiro atoms. The number of carbonyl (C=O) groups is 1. The average Bonchev–Trinajstić information content (AvgIpc) is 2.91. The Labute approximate surface area is 116 Å². The van der Waals surface area contributed by atoms with Gasteiger partial charge < -0.3 is 9.72 Å². The molecule has 0 atom stereocenters. The number of aromatic amines is 1. The molecule has 0 aliphatic rings. The summed E-state index contributed by atoms with van der Waals surface area (Å²) in [5.41, 5.74) is 0.675. The van der Waals surface area contributed by atoms with E-state index in [1.165, 1.54) is 31.6 Å². The van der Waals surface area contributed by atoms with Gasteiger partial charge in [-0.2, -0.15) is 0 Å². The van der Waals surface area contributed by atoms with Crippen molar-refractivity contribution in [2.24, 2.45) is 0 Å². The summed E-state index contributed by atoms with van der Waals surface area (Å²) in [6, 6.07) is 5.97. The van der Waals surface area contributed by atoms with Gasteiger partial charge in [0.15, 0.2) is 0 Å². The number of esters is 1. The Bertz CT molecular complexity index is 678. The summed E-state index contributed by atoms with van der Waals surface area (Å²) >= 11 is 0. The van der Waals surface area contributed by atoms with E-state index in [1.54, 1.807) is 12.1 Å². The van der Waals surface area contributed by atoms with Gasteiger partial charge in [0, 0.05) is 12.4 Å². The second kappa shape index (κ2) is 5.74. The van der Waals surface area contributed by atoms with E-state index in [1.807, 2.05) is 0 Å². The molecule has 1 aromatic heterocycles. The van der Waals surface area contributed by atoms with Crippen LogP contribution >= 0.6 is 0 Å². The van der Waals surface area contributed by atoms with E-state index in [4.69, 9.17) is 0 Å². The van der Waals surface area contributed by atoms with Crippen LogP contribution in [0.15, 0.2) is 41.6 Å². The van der Waals surface area contributed by atoms with Gasteiger partial charge in [0.05, 0.1) is 18.4 Å². The van der Waals surface area contributed by atoms with Crippen molar-refractivity contribution in [1.29, 1.82) is 0 Å². The van der Waals surface area contributed by atoms with E-state index in [0.717, 1.165) is 0 Å². The van der Waals surface area contributed by atoms with E-state index in [2.05, 4.69) is 19.4 Å². The third kappa shape index (κ3) is 3.35. The van der Waals surface area contributed by atoms with Gasteiger partial charge in [-0.05, 0) is 17.7 Å². The second-order valence-electron chi connectivity index (χ2n) is 3.94. The van der Waals surface area contributed by atoms with E-state index in [9.17, 15) is 13.2 Å². The summed E-state index contributed by atoms with van der Waals surface area (Å²) in [5.74, 6) is -0.238. The summed E-state index contributed by atoms with van der Waals surface area (Å²) in [5, 5.41) is 0. The van der Waals surface area contributed by atoms with Crippen molar-refractivity contribution in [1.82, 2.24) is 9.97 Å². The number of sulfonamides is 1. The normalized spacial score (nSPS) is 11.1. The number of methoxy groups -OCH3 is 1. The van der Waals surface area contributed by atoms with Crippen LogP contribution in [0, 0.1) is 0 Å². The average molecular weight is 295 g/mol. The van der Waals surface area contributed by atoms with E-state index < -0.39 is 10.0 Å². The Morgan fingerprint density at radius 2 is 2.05 bits per heavy atom. The molecule has 7 nitrogen and oxygen atoms in total. The second-order valence-corrected chi connectivity index (χ2v) is 5.62. The van der Waals surface area contributed by atoms with Crippen molar-refractivity contribution in [2.45, 2.75) is 11.3 Å². The van der Waals surface area contributed by atoms with Gasteiger partial charge in [-0.25, -0.2) is 18.1 Å². The Morgan fingerprint density at radius 3 is 2.60 bits per heavy atom. The highest BCUT2D eigenvalue weighted by Crippen LogP contribution is 2.14. The molecule has 0 amide bonds. The van der Waals surface area contributed by atoms with Crippen LogP contribution < -0.4 is 4.72 Å². The van der Waals surface area contributed by atoms with E-state index >= 15 is 0 Å². The minimum atomic E-state index is -3.69. The fourth-order valence-corrected chi connectivity index (χ4v) is 2.51. The molecule has 0 aliphatic carbocycles. The highest BCUT2D eigenvalue weighted by molar-refractivity contribution is 7.92. The number of ether oxygens (including phenoxy) is 1. The summed E-state index contributed by atoms with van der Waals surface area (Å²) < 4.78 is 30.9. The number of rotatable bonds is 5. The summed E-state index contributed by atoms with van der Waals surface area (Å²) in [4.78, 5) is 17.6. The van der Waals surface area contributed by atoms with E-state index in [-0.39, 0.29) is 23.2 Å². The van der Waals surface area contributed by atoms with Gasteiger partial charge in [0.2, 0.25) is 5.95 Å². The Kier molecular flexibility index (Phi) is 4.04. The first-order valence-electron chi connectivity index (χ1n) is 5.69. The molecule has 0 saturated carbocycles. The van der Waals surface area contributed by atoms with Crippen molar-refractivity contribution in [3.05, 3.63) is 42.2 Å². The summed E-state index contributed by atoms with van der Waals surface area (Å²) in [6.07, 6.45) is 3.05. The first kappa shape index (κ1) is 14.1. The van der Waals surface area contributed by atoms with Crippen LogP contribution in [0.25, 0.3) is 0 Å². The van der Waals surface area contributed by atoms with Crippen molar-refractivity contribution in [3.63, 3.8) is 0 Å². The Hall–Kier alpha value is -2.35. The number of aromatic nitrogens is 2. The number of imidazole rings is 1. The third-order valence-corrected chi connectivity index (χ3v) is 3.89. The Balaban J connectivity index is 2.14. The summed E-state index contributed by atoms with van der Waals surface area (Å²) in [7, 11) is -2.39. The van der Waals surface area contributed by atoms with Crippen molar-refractivity contribution >= 4 is 21.9 Å². The zero-order valence-electron chi connectivity index (χ0n) is 10.7. The molecule has 0 bridgehead atoms. The van der Waals surface area contributed by atoms with Crippen molar-refractivity contribution in [2.75, 3.05) is 11.8 Å². The van der Waals surface area contributed by atoms with Gasteiger partial charge in [-0.3, -0.25) is 4.79 Å². The van der Waals surface area contributed by atoms with Crippen LogP contribution in [-0.2, 0) is 26.0 Å². The molecule has 106 valence electrons. The molecule has 1 aromatic carbocycles. The molecule has 0 saturated heterocycles. The van der Waals surface area contributed by atoms with E-state index in [0.29, 0.717) is 5.56 Å². The quantitative estimate of drug-likeness (QED) is 0.799. The van der Waals surface area contributed by atoms with Crippen LogP contribution in [0.5, 0.6) is 0 Å². The highest BCUT2D eigenvalue weighted by atomic mass is 32.2. The lowest BCUT2D eigenvalue weighted by Crippen LogP contribution is -2.14. The number of H-pyrrole nitrogens is 1. The number of nitrogens with one attached hydrogen (secondary N) is 2. The number of benzene rings is 1. The van der Waals surface area contributed by atoms with Crippen molar-refractivity contribution < 1.29 is 17.9 Å². The number of hydrogen-bond donors (Lipinski definition) is 2. The monoisotopic (exact) mass is 295 g/mol. The minimum absolute atomic E-state index is 0.0857. The number of anilines is 1. The molecule has 20 heavy (non-hydrogen) atoms. The molecule has 0 radical (unpaired) electrons. The molecule has 0 fully saturated rings. The number of hydrogen-bond acceptors (Lipinski definition) is 5. The lowest BCUT2D eigenvalue weighted by atomic mass is 10.2. The van der Waals surface area contributed by atoms with Crippen LogP contribution in [0.3, 0.4) is 0 Å². The SMILES string of the molecule is COC(=O)Cc1ccc(S(=O)(=O)Nc2ncc[nH]2)cc1. The lowest BCUT2D eigenvalue weighted by molar-refractivity contribution is -0.139. The molecule has 2 rings (SSSR count). The maximum absolute atomic E-state index is 12.0.